The third-order valence-electron chi connectivity index (χ3n) is 6.47. The highest BCUT2D eigenvalue weighted by atomic mass is 19.2. The zero-order valence-electron chi connectivity index (χ0n) is 17.1. The van der Waals surface area contributed by atoms with Crippen LogP contribution in [0.1, 0.15) is 73.3 Å². The lowest BCUT2D eigenvalue weighted by molar-refractivity contribution is 0.303. The largest absolute Gasteiger partial charge is 0.368 e. The Morgan fingerprint density at radius 1 is 0.867 bits per heavy atom. The second-order valence-electron chi connectivity index (χ2n) is 8.39. The number of allylic oxidation sites excluding steroid dienone is 1. The predicted octanol–water partition coefficient (Wildman–Crippen LogP) is 7.25. The zero-order valence-corrected chi connectivity index (χ0v) is 17.1. The molecule has 0 spiro atoms. The quantitative estimate of drug-likeness (QED) is 0.355. The van der Waals surface area contributed by atoms with Crippen LogP contribution in [0.25, 0.3) is 6.08 Å². The average molecular weight is 418 g/mol. The molecule has 2 aliphatic rings. The van der Waals surface area contributed by atoms with E-state index in [4.69, 9.17) is 4.74 Å². The van der Waals surface area contributed by atoms with Crippen molar-refractivity contribution in [3.05, 3.63) is 75.9 Å². The first kappa shape index (κ1) is 21.1. The Hall–Kier alpha value is -2.14. The summed E-state index contributed by atoms with van der Waals surface area (Å²) in [7, 11) is 0. The predicted molar refractivity (Wildman–Crippen MR) is 109 cm³/mol. The molecule has 1 unspecified atom stereocenters. The molecule has 1 heterocycles. The van der Waals surface area contributed by atoms with Crippen LogP contribution >= 0.6 is 0 Å². The Kier molecular flexibility index (Phi) is 6.28. The van der Waals surface area contributed by atoms with E-state index < -0.39 is 23.3 Å². The summed E-state index contributed by atoms with van der Waals surface area (Å²) in [6.07, 6.45) is 7.47. The number of hydrogen-bond donors (Lipinski definition) is 0. The minimum absolute atomic E-state index is 0.000725. The first-order valence-corrected chi connectivity index (χ1v) is 10.7. The maximum atomic E-state index is 14.6. The van der Waals surface area contributed by atoms with Gasteiger partial charge in [0.1, 0.15) is 6.10 Å². The molecule has 5 heteroatoms. The van der Waals surface area contributed by atoms with E-state index in [9.17, 15) is 17.6 Å². The normalized spacial score (nSPS) is 23.8. The van der Waals surface area contributed by atoms with Gasteiger partial charge in [-0.05, 0) is 68.4 Å². The Morgan fingerprint density at radius 2 is 1.53 bits per heavy atom. The second-order valence-corrected chi connectivity index (χ2v) is 8.39. The van der Waals surface area contributed by atoms with Crippen LogP contribution in [-0.4, -0.2) is 6.61 Å². The number of rotatable bonds is 6. The molecule has 2 aromatic rings. The number of epoxide rings is 1. The summed E-state index contributed by atoms with van der Waals surface area (Å²) >= 11 is 0. The van der Waals surface area contributed by atoms with Gasteiger partial charge in [0, 0.05) is 11.1 Å². The van der Waals surface area contributed by atoms with E-state index in [1.54, 1.807) is 43.3 Å². The van der Waals surface area contributed by atoms with Crippen LogP contribution in [0.2, 0.25) is 0 Å². The fourth-order valence-corrected chi connectivity index (χ4v) is 4.60. The van der Waals surface area contributed by atoms with Crippen molar-refractivity contribution in [3.63, 3.8) is 0 Å². The number of halogens is 4. The Bertz CT molecular complexity index is 941. The maximum absolute atomic E-state index is 14.6. The zero-order chi connectivity index (χ0) is 21.3. The van der Waals surface area contributed by atoms with Gasteiger partial charge in [-0.1, -0.05) is 36.4 Å². The number of benzene rings is 2. The van der Waals surface area contributed by atoms with Crippen LogP contribution in [0.15, 0.2) is 30.3 Å². The van der Waals surface area contributed by atoms with Gasteiger partial charge in [-0.15, -0.1) is 0 Å². The average Bonchev–Trinajstić information content (AvgIpc) is 3.59. The first-order chi connectivity index (χ1) is 14.5. The van der Waals surface area contributed by atoms with Gasteiger partial charge in [0.2, 0.25) is 0 Å². The van der Waals surface area contributed by atoms with Gasteiger partial charge >= 0.3 is 0 Å². The van der Waals surface area contributed by atoms with Crippen LogP contribution < -0.4 is 0 Å². The smallest absolute Gasteiger partial charge is 0.166 e. The van der Waals surface area contributed by atoms with Gasteiger partial charge in [0.05, 0.1) is 6.61 Å². The van der Waals surface area contributed by atoms with Gasteiger partial charge < -0.3 is 4.74 Å². The van der Waals surface area contributed by atoms with Gasteiger partial charge in [-0.3, -0.25) is 0 Å². The molecule has 1 saturated carbocycles. The molecule has 0 N–H and O–H groups in total. The van der Waals surface area contributed by atoms with Gasteiger partial charge in [0.25, 0.3) is 0 Å². The van der Waals surface area contributed by atoms with E-state index in [0.29, 0.717) is 35.6 Å². The van der Waals surface area contributed by atoms with Crippen LogP contribution in [0.3, 0.4) is 0 Å². The number of hydrogen-bond acceptors (Lipinski definition) is 1. The fraction of sp³-hybridized carbons (Fsp3) is 0.440. The van der Waals surface area contributed by atoms with E-state index in [1.807, 2.05) is 0 Å². The van der Waals surface area contributed by atoms with E-state index in [1.165, 1.54) is 0 Å². The minimum Gasteiger partial charge on any atom is -0.368 e. The highest BCUT2D eigenvalue weighted by Crippen LogP contribution is 2.41. The molecule has 4 rings (SSSR count). The van der Waals surface area contributed by atoms with Crippen LogP contribution in [-0.2, 0) is 11.2 Å². The summed E-state index contributed by atoms with van der Waals surface area (Å²) in [6, 6.07) is 6.61. The monoisotopic (exact) mass is 418 g/mol. The Balaban J connectivity index is 1.34. The lowest BCUT2D eigenvalue weighted by Gasteiger charge is -2.29. The van der Waals surface area contributed by atoms with Crippen LogP contribution in [0.5, 0.6) is 0 Å². The molecular formula is C25H26F4O. The molecule has 0 radical (unpaired) electrons. The molecule has 0 aromatic heterocycles. The molecule has 1 nitrogen and oxygen atoms in total. The molecule has 160 valence electrons. The third kappa shape index (κ3) is 4.31. The standard InChI is InChI=1S/C25H26F4O/c1-2-3-17-10-11-18(23(27)22(17)26)9-6-15-4-7-16(8-5-15)19-12-13-20(21-14-30-21)25(29)24(19)28/h2-3,10-13,15-16,21H,4-9,14H2,1H3/b3-2+. The van der Waals surface area contributed by atoms with Gasteiger partial charge in [-0.25, -0.2) is 17.6 Å². The van der Waals surface area contributed by atoms with Crippen molar-refractivity contribution in [3.8, 4) is 0 Å². The topological polar surface area (TPSA) is 12.5 Å². The molecule has 1 aliphatic heterocycles. The molecule has 30 heavy (non-hydrogen) atoms. The lowest BCUT2D eigenvalue weighted by atomic mass is 9.76. The first-order valence-electron chi connectivity index (χ1n) is 10.7. The minimum atomic E-state index is -0.799. The third-order valence-corrected chi connectivity index (χ3v) is 6.47. The van der Waals surface area contributed by atoms with Crippen molar-refractivity contribution in [2.24, 2.45) is 5.92 Å². The summed E-state index contributed by atoms with van der Waals surface area (Å²) < 4.78 is 62.4. The number of ether oxygens (including phenoxy) is 1. The van der Waals surface area contributed by atoms with Gasteiger partial charge in [0.15, 0.2) is 23.3 Å². The van der Waals surface area contributed by atoms with Crippen LogP contribution in [0, 0.1) is 29.2 Å². The molecule has 2 fully saturated rings. The van der Waals surface area contributed by atoms with E-state index in [2.05, 4.69) is 0 Å². The van der Waals surface area contributed by atoms with E-state index >= 15 is 0 Å². The summed E-state index contributed by atoms with van der Waals surface area (Å²) in [5.41, 5.74) is 1.41. The summed E-state index contributed by atoms with van der Waals surface area (Å²) in [4.78, 5) is 0. The van der Waals surface area contributed by atoms with Crippen LogP contribution in [0.4, 0.5) is 17.6 Å². The molecular weight excluding hydrogens is 392 g/mol. The molecule has 1 atom stereocenters. The van der Waals surface area contributed by atoms with Gasteiger partial charge in [-0.2, -0.15) is 0 Å². The van der Waals surface area contributed by atoms with E-state index in [-0.39, 0.29) is 17.6 Å². The number of aryl methyl sites for hydroxylation is 1. The molecule has 2 aromatic carbocycles. The lowest BCUT2D eigenvalue weighted by Crippen LogP contribution is -2.16. The molecule has 1 aliphatic carbocycles. The molecule has 0 amide bonds. The van der Waals surface area contributed by atoms with Crippen molar-refractivity contribution in [1.29, 1.82) is 0 Å². The Labute approximate surface area is 174 Å². The SMILES string of the molecule is C/C=C/c1ccc(CCC2CCC(c3ccc(C4CO4)c(F)c3F)CC2)c(F)c1F. The fourth-order valence-electron chi connectivity index (χ4n) is 4.60. The van der Waals surface area contributed by atoms with Crippen molar-refractivity contribution in [2.75, 3.05) is 6.61 Å². The summed E-state index contributed by atoms with van der Waals surface area (Å²) in [5.74, 6) is -2.71. The highest BCUT2D eigenvalue weighted by molar-refractivity contribution is 5.50. The second kappa shape index (κ2) is 8.93. The summed E-state index contributed by atoms with van der Waals surface area (Å²) in [5, 5.41) is 0. The highest BCUT2D eigenvalue weighted by Gasteiger charge is 2.32. The summed E-state index contributed by atoms with van der Waals surface area (Å²) in [6.45, 7) is 2.21. The molecule has 0 bridgehead atoms. The van der Waals surface area contributed by atoms with E-state index in [0.717, 1.165) is 32.1 Å². The maximum Gasteiger partial charge on any atom is 0.166 e. The van der Waals surface area contributed by atoms with Crippen molar-refractivity contribution in [2.45, 2.75) is 57.5 Å². The van der Waals surface area contributed by atoms with Crippen molar-refractivity contribution < 1.29 is 22.3 Å². The Morgan fingerprint density at radius 3 is 2.20 bits per heavy atom. The van der Waals surface area contributed by atoms with Crippen molar-refractivity contribution in [1.82, 2.24) is 0 Å². The molecule has 1 saturated heterocycles. The van der Waals surface area contributed by atoms with Crippen molar-refractivity contribution >= 4 is 6.08 Å².